The van der Waals surface area contributed by atoms with Gasteiger partial charge < -0.3 is 100 Å². The Kier molecular flexibility index (Phi) is 90.7. The number of nitrogens with two attached hydrogens (primary N) is 15. The van der Waals surface area contributed by atoms with E-state index in [1.165, 1.54) is 69.8 Å². The summed E-state index contributed by atoms with van der Waals surface area (Å²) < 4.78 is 58.3. The summed E-state index contributed by atoms with van der Waals surface area (Å²) in [7, 11) is 3.23. The maximum atomic E-state index is 12.2. The van der Waals surface area contributed by atoms with Crippen molar-refractivity contribution in [1.29, 1.82) is 0 Å². The summed E-state index contributed by atoms with van der Waals surface area (Å²) in [5.41, 5.74) is 102. The predicted molar refractivity (Wildman–Crippen MR) is 603 cm³/mol. The van der Waals surface area contributed by atoms with Gasteiger partial charge in [0.05, 0.1) is 25.6 Å². The molecule has 0 fully saturated rings. The molecule has 0 aliphatic rings. The summed E-state index contributed by atoms with van der Waals surface area (Å²) in [6, 6.07) is 108. The van der Waals surface area contributed by atoms with Gasteiger partial charge in [0.25, 0.3) is 0 Å². The number of hydrogen-bond donors (Lipinski definition) is 15. The highest BCUT2D eigenvalue weighted by Crippen LogP contribution is 2.20. The SMILES string of the molecule is C.C.C.C.C.C.C.C.C.C.C=C(C)c1ccc(N)cc1.C=O.COc1ccc(N)cc1.COc1ccccc1N.Cc1ccc(N)cc1.Cc1ccc(N)cc1.Cc1cccc(N)c1.Cc1cccc(N)c1.Cc1cccc(N)c1.Cc1cccc(N)c1.Cc1ccccc1N.Nc1cc(F)cc(F)c1.Nc1ccc(Cl)cc1.Nc1ccc(F)cc1.Nc1ccccc1.Nc1ccccc1F. The van der Waals surface area contributed by atoms with Crippen LogP contribution >= 0.6 is 11.6 Å². The third-order valence-electron chi connectivity index (χ3n) is 15.5. The summed E-state index contributed by atoms with van der Waals surface area (Å²) in [5.74, 6) is -0.326. The fourth-order valence-electron chi connectivity index (χ4n) is 8.87. The Morgan fingerprint density at radius 3 is 0.735 bits per heavy atom. The molecule has 0 radical (unpaired) electrons. The van der Waals surface area contributed by atoms with E-state index >= 15 is 0 Å². The number of carbonyl (C=O) groups is 1. The minimum Gasteiger partial charge on any atom is -0.497 e. The number of methoxy groups -OCH3 is 2. The molecule has 0 unspecified atom stereocenters. The lowest BCUT2D eigenvalue weighted by Gasteiger charge is -2.00. The second-order valence-electron chi connectivity index (χ2n) is 27.0. The summed E-state index contributed by atoms with van der Waals surface area (Å²) in [4.78, 5) is 8.00. The van der Waals surface area contributed by atoms with Gasteiger partial charge in [0.15, 0.2) is 0 Å². The second-order valence-corrected chi connectivity index (χ2v) is 27.4. The third-order valence-corrected chi connectivity index (χ3v) is 15.8. The fourth-order valence-corrected chi connectivity index (χ4v) is 8.99. The van der Waals surface area contributed by atoms with Gasteiger partial charge in [0.1, 0.15) is 41.6 Å². The molecule has 30 N–H and O–H groups in total. The molecule has 0 saturated heterocycles. The molecule has 23 heteroatoms. The third kappa shape index (κ3) is 77.1. The van der Waals surface area contributed by atoms with E-state index in [1.807, 2.05) is 317 Å². The number of hydrogen-bond acceptors (Lipinski definition) is 18. The highest BCUT2D eigenvalue weighted by Gasteiger charge is 1.97. The van der Waals surface area contributed by atoms with Crippen molar-refractivity contribution in [2.45, 2.75) is 130 Å². The average Bonchev–Trinajstić information content (AvgIpc) is 0.913. The first-order valence-corrected chi connectivity index (χ1v) is 39.1. The van der Waals surface area contributed by atoms with E-state index in [2.05, 4.69) is 6.58 Å². The Morgan fingerprint density at radius 2 is 0.522 bits per heavy atom. The van der Waals surface area contributed by atoms with E-state index in [0.717, 1.165) is 114 Å². The number of anilines is 15. The molecule has 0 bridgehead atoms. The van der Waals surface area contributed by atoms with Crippen LogP contribution in [0.5, 0.6) is 11.5 Å². The van der Waals surface area contributed by atoms with Gasteiger partial charge in [-0.2, -0.15) is 0 Å². The van der Waals surface area contributed by atoms with Gasteiger partial charge in [-0.05, 0) is 301 Å². The van der Waals surface area contributed by atoms with Crippen molar-refractivity contribution < 1.29 is 31.8 Å². The molecule has 0 amide bonds. The number of allylic oxidation sites excluding steroid dienone is 1. The first-order valence-electron chi connectivity index (χ1n) is 38.7. The Labute approximate surface area is 821 Å². The average molecular weight is 1890 g/mol. The Balaban J connectivity index is -0.000000136. The van der Waals surface area contributed by atoms with Gasteiger partial charge >= 0.3 is 0 Å². The van der Waals surface area contributed by atoms with Crippen LogP contribution in [0.1, 0.15) is 126 Å². The number of halogens is 5. The molecular weight excluding hydrogens is 1730 g/mol. The van der Waals surface area contributed by atoms with Gasteiger partial charge in [0.2, 0.25) is 0 Å². The maximum Gasteiger partial charge on any atom is 0.146 e. The number of ether oxygens (including phenoxy) is 2. The lowest BCUT2D eigenvalue weighted by atomic mass is 10.1. The standard InChI is InChI=1S/C9H11N.2C7H9NO.7C7H9N.C6H6ClN.C6H5F2N.2C6H6FN.C6H7N.CH2O.10CH4/c1-7(2)8-3-5-9(10)6-4-8;1-9-7-4-2-6(8)3-5-7;1-9-7-5-3-2-4-6(7)8;2*1-6-2-4-7(8)5-3-6;4*1-6-3-2-4-7(8)5-6;1-6-4-2-3-5-7(6)8;7-5-1-3-6(8)4-2-5;7-4-1-5(8)3-6(9)2-4;7-5-1-3-6(8)4-2-5;7-5-3-1-2-4-6(5)8;7-6-4-2-1-3-5-6;1-2;;;;;;;;;;/h3-6H,1,10H2,2H3;2*2-5H,8H2,1H3;7*2-5H,8H2,1H3;1-4H,8H2;1-3H,9H2;2*1-4H,8H2;1-5H,7H2;1H2;10*1H4. The summed E-state index contributed by atoms with van der Waals surface area (Å²) in [6.07, 6.45) is 0. The zero-order valence-electron chi connectivity index (χ0n) is 73.3. The Hall–Kier alpha value is -15.7. The minimum atomic E-state index is -0.646. The molecule has 0 aliphatic carbocycles. The molecule has 0 heterocycles. The molecule has 0 saturated carbocycles. The Bertz CT molecular complexity index is 4750. The van der Waals surface area contributed by atoms with E-state index < -0.39 is 11.6 Å². The number of benzene rings is 15. The Morgan fingerprint density at radius 1 is 0.250 bits per heavy atom. The molecule has 15 aromatic carbocycles. The van der Waals surface area contributed by atoms with Crippen LogP contribution < -0.4 is 95.5 Å². The zero-order valence-corrected chi connectivity index (χ0v) is 74.1. The van der Waals surface area contributed by atoms with E-state index in [-0.39, 0.29) is 97.3 Å². The highest BCUT2D eigenvalue weighted by atomic mass is 35.5. The normalized spacial score (nSPS) is 8.35. The largest absolute Gasteiger partial charge is 0.497 e. The highest BCUT2D eigenvalue weighted by molar-refractivity contribution is 6.30. The van der Waals surface area contributed by atoms with Crippen LogP contribution in [0, 0.1) is 71.7 Å². The van der Waals surface area contributed by atoms with Gasteiger partial charge in [0, 0.05) is 85.0 Å². The molecule has 15 aromatic rings. The van der Waals surface area contributed by atoms with Crippen LogP contribution in [-0.2, 0) is 4.79 Å². The van der Waals surface area contributed by atoms with Gasteiger partial charge in [-0.15, -0.1) is 0 Å². The molecule has 0 spiro atoms. The smallest absolute Gasteiger partial charge is 0.146 e. The minimum absolute atomic E-state index is 0. The number of carbonyl (C=O) groups excluding carboxylic acids is 1. The summed E-state index contributed by atoms with van der Waals surface area (Å²) in [6.45, 7) is 22.0. The van der Waals surface area contributed by atoms with Crippen molar-refractivity contribution in [1.82, 2.24) is 0 Å². The van der Waals surface area contributed by atoms with Crippen LogP contribution in [0.2, 0.25) is 5.02 Å². The molecule has 18 nitrogen and oxygen atoms in total. The summed E-state index contributed by atoms with van der Waals surface area (Å²) >= 11 is 5.56. The van der Waals surface area contributed by atoms with Crippen LogP contribution in [0.4, 0.5) is 103 Å². The second kappa shape index (κ2) is 86.1. The number of para-hydroxylation sites is 5. The van der Waals surface area contributed by atoms with E-state index in [4.69, 9.17) is 112 Å². The maximum absolute atomic E-state index is 12.2. The van der Waals surface area contributed by atoms with Crippen LogP contribution in [-0.4, -0.2) is 21.0 Å². The van der Waals surface area contributed by atoms with Crippen molar-refractivity contribution >= 4 is 109 Å². The van der Waals surface area contributed by atoms with Crippen LogP contribution in [0.25, 0.3) is 5.57 Å². The van der Waals surface area contributed by atoms with E-state index in [9.17, 15) is 17.6 Å². The van der Waals surface area contributed by atoms with Gasteiger partial charge in [-0.25, -0.2) is 17.6 Å². The van der Waals surface area contributed by atoms with Crippen molar-refractivity contribution in [2.75, 3.05) is 100 Å². The zero-order chi connectivity index (χ0) is 94.7. The molecule has 0 aromatic heterocycles. The molecule has 0 aliphatic heterocycles. The van der Waals surface area contributed by atoms with Crippen molar-refractivity contribution in [3.63, 3.8) is 0 Å². The number of nitrogen functional groups attached to an aromatic ring is 15. The van der Waals surface area contributed by atoms with Crippen molar-refractivity contribution in [3.05, 3.63) is 443 Å². The summed E-state index contributed by atoms with van der Waals surface area (Å²) in [5, 5.41) is 0.721. The van der Waals surface area contributed by atoms with Crippen molar-refractivity contribution in [3.8, 4) is 11.5 Å². The van der Waals surface area contributed by atoms with E-state index in [1.54, 1.807) is 68.8 Å². The molecule has 15 rings (SSSR count). The monoisotopic (exact) mass is 1890 g/mol. The number of rotatable bonds is 3. The number of aryl methyl sites for hydroxylation is 7. The molecule has 136 heavy (non-hydrogen) atoms. The van der Waals surface area contributed by atoms with E-state index in [0.29, 0.717) is 11.4 Å². The lowest BCUT2D eigenvalue weighted by Crippen LogP contribution is -1.89. The van der Waals surface area contributed by atoms with Gasteiger partial charge in [-0.3, -0.25) is 0 Å². The first-order chi connectivity index (χ1) is 59.9. The predicted octanol–water partition coefficient (Wildman–Crippen LogP) is 29.6. The first kappa shape index (κ1) is 143. The van der Waals surface area contributed by atoms with Gasteiger partial charge in [-0.1, -0.05) is 255 Å². The molecule has 744 valence electrons. The van der Waals surface area contributed by atoms with Crippen molar-refractivity contribution in [2.24, 2.45) is 0 Å². The molecular formula is C113H164ClF4N15O3. The molecule has 0 atom stereocenters. The van der Waals surface area contributed by atoms with Crippen LogP contribution in [0.15, 0.2) is 371 Å². The fraction of sp³-hybridized carbons (Fsp3) is 0.177. The topological polar surface area (TPSA) is 426 Å². The van der Waals surface area contributed by atoms with Crippen LogP contribution in [0.3, 0.4) is 0 Å². The quantitative estimate of drug-likeness (QED) is 0.0577. The lowest BCUT2D eigenvalue weighted by molar-refractivity contribution is -0.0980.